The van der Waals surface area contributed by atoms with Gasteiger partial charge in [0.25, 0.3) is 0 Å². The van der Waals surface area contributed by atoms with E-state index < -0.39 is 0 Å². The highest BCUT2D eigenvalue weighted by Gasteiger charge is 2.27. The second-order valence-electron chi connectivity index (χ2n) is 6.36. The van der Waals surface area contributed by atoms with E-state index >= 15 is 0 Å². The number of nitrogens with zero attached hydrogens (tertiary/aromatic N) is 5. The van der Waals surface area contributed by atoms with Crippen LogP contribution in [0.3, 0.4) is 0 Å². The summed E-state index contributed by atoms with van der Waals surface area (Å²) in [5.41, 5.74) is 1.99. The van der Waals surface area contributed by atoms with E-state index in [1.54, 1.807) is 16.8 Å². The van der Waals surface area contributed by atoms with E-state index in [0.29, 0.717) is 0 Å². The molecule has 1 aliphatic heterocycles. The van der Waals surface area contributed by atoms with Crippen LogP contribution in [0.25, 0.3) is 5.69 Å². The molecule has 0 spiro atoms. The first-order chi connectivity index (χ1) is 12.2. The number of hydrogen-bond acceptors (Lipinski definition) is 4. The lowest BCUT2D eigenvalue weighted by Gasteiger charge is -2.35. The first kappa shape index (κ1) is 18.6. The summed E-state index contributed by atoms with van der Waals surface area (Å²) in [6, 6.07) is 6.60. The molecule has 0 saturated carbocycles. The number of nitrogens with one attached hydrogen (secondary N) is 1. The zero-order valence-corrected chi connectivity index (χ0v) is 15.4. The highest BCUT2D eigenvalue weighted by Crippen LogP contribution is 2.22. The molecule has 1 saturated heterocycles. The predicted molar refractivity (Wildman–Crippen MR) is 100.0 cm³/mol. The third-order valence-corrected chi connectivity index (χ3v) is 4.62. The average molecular weight is 377 g/mol. The average Bonchev–Trinajstić information content (AvgIpc) is 3.25. The van der Waals surface area contributed by atoms with Gasteiger partial charge in [-0.15, -0.1) is 12.4 Å². The van der Waals surface area contributed by atoms with Crippen molar-refractivity contribution in [1.82, 2.24) is 29.5 Å². The molecule has 3 aromatic rings. The van der Waals surface area contributed by atoms with Crippen LogP contribution in [0.1, 0.15) is 17.4 Å². The molecule has 2 aromatic heterocycles. The van der Waals surface area contributed by atoms with Crippen molar-refractivity contribution in [2.24, 2.45) is 7.05 Å². The summed E-state index contributed by atoms with van der Waals surface area (Å²) in [5.74, 6) is 0.827. The third kappa shape index (κ3) is 3.80. The van der Waals surface area contributed by atoms with E-state index in [1.807, 2.05) is 31.8 Å². The quantitative estimate of drug-likeness (QED) is 0.759. The van der Waals surface area contributed by atoms with Crippen LogP contribution in [0.2, 0.25) is 0 Å². The Morgan fingerprint density at radius 2 is 2.08 bits per heavy atom. The zero-order chi connectivity index (χ0) is 17.2. The van der Waals surface area contributed by atoms with Gasteiger partial charge in [-0.3, -0.25) is 4.90 Å². The number of aryl methyl sites for hydroxylation is 1. The smallest absolute Gasteiger partial charge is 0.127 e. The Morgan fingerprint density at radius 3 is 2.81 bits per heavy atom. The first-order valence-corrected chi connectivity index (χ1v) is 8.42. The molecule has 1 fully saturated rings. The third-order valence-electron chi connectivity index (χ3n) is 4.62. The van der Waals surface area contributed by atoms with Crippen LogP contribution < -0.4 is 5.32 Å². The summed E-state index contributed by atoms with van der Waals surface area (Å²) in [7, 11) is 2.03. The van der Waals surface area contributed by atoms with Gasteiger partial charge in [0.1, 0.15) is 11.6 Å². The maximum atomic E-state index is 13.1. The lowest BCUT2D eigenvalue weighted by molar-refractivity contribution is 0.144. The second kappa shape index (κ2) is 7.99. The number of benzene rings is 1. The Labute approximate surface area is 158 Å². The number of halogens is 2. The van der Waals surface area contributed by atoms with Crippen LogP contribution >= 0.6 is 12.4 Å². The summed E-state index contributed by atoms with van der Waals surface area (Å²) < 4.78 is 16.9. The number of rotatable bonds is 4. The standard InChI is InChI=1S/C18H21FN6.ClH/c1-23-8-7-21-18(23)17-11-20-6-9-24(17)12-14-10-22-25(13-14)16-4-2-15(19)3-5-16;/h2-5,7-8,10,13,17,20H,6,9,11-12H2,1H3;1H. The molecular weight excluding hydrogens is 355 g/mol. The summed E-state index contributed by atoms with van der Waals surface area (Å²) in [4.78, 5) is 6.94. The molecule has 6 nitrogen and oxygen atoms in total. The molecule has 1 aromatic carbocycles. The van der Waals surface area contributed by atoms with Crippen molar-refractivity contribution >= 4 is 12.4 Å². The van der Waals surface area contributed by atoms with Crippen LogP contribution in [-0.2, 0) is 13.6 Å². The van der Waals surface area contributed by atoms with E-state index in [4.69, 9.17) is 0 Å². The predicted octanol–water partition coefficient (Wildman–Crippen LogP) is 2.31. The topological polar surface area (TPSA) is 50.9 Å². The molecule has 1 atom stereocenters. The number of hydrogen-bond donors (Lipinski definition) is 1. The number of imidazole rings is 1. The molecule has 26 heavy (non-hydrogen) atoms. The van der Waals surface area contributed by atoms with Crippen LogP contribution in [0, 0.1) is 5.82 Å². The van der Waals surface area contributed by atoms with Gasteiger partial charge in [-0.1, -0.05) is 0 Å². The minimum atomic E-state index is -0.241. The van der Waals surface area contributed by atoms with Crippen molar-refractivity contribution in [2.45, 2.75) is 12.6 Å². The molecule has 0 radical (unpaired) electrons. The van der Waals surface area contributed by atoms with Gasteiger partial charge in [0.05, 0.1) is 17.9 Å². The molecule has 0 amide bonds. The van der Waals surface area contributed by atoms with Gasteiger partial charge in [-0.25, -0.2) is 14.1 Å². The van der Waals surface area contributed by atoms with E-state index in [1.165, 1.54) is 12.1 Å². The Balaban J connectivity index is 0.00000196. The first-order valence-electron chi connectivity index (χ1n) is 8.42. The van der Waals surface area contributed by atoms with E-state index in [2.05, 4.69) is 24.9 Å². The molecule has 3 heterocycles. The Hall–Kier alpha value is -2.22. The van der Waals surface area contributed by atoms with Crippen molar-refractivity contribution in [2.75, 3.05) is 19.6 Å². The van der Waals surface area contributed by atoms with Crippen molar-refractivity contribution in [3.63, 3.8) is 0 Å². The van der Waals surface area contributed by atoms with Gasteiger partial charge >= 0.3 is 0 Å². The van der Waals surface area contributed by atoms with Gasteiger partial charge in [-0.2, -0.15) is 5.10 Å². The van der Waals surface area contributed by atoms with E-state index in [0.717, 1.165) is 43.3 Å². The number of piperazine rings is 1. The normalized spacial score (nSPS) is 17.8. The highest BCUT2D eigenvalue weighted by molar-refractivity contribution is 5.85. The van der Waals surface area contributed by atoms with Crippen LogP contribution in [-0.4, -0.2) is 43.9 Å². The largest absolute Gasteiger partial charge is 0.337 e. The van der Waals surface area contributed by atoms with Crippen molar-refractivity contribution in [3.05, 3.63) is 66.3 Å². The minimum absolute atomic E-state index is 0. The van der Waals surface area contributed by atoms with Gasteiger partial charge in [-0.05, 0) is 24.3 Å². The van der Waals surface area contributed by atoms with Crippen molar-refractivity contribution in [1.29, 1.82) is 0 Å². The van der Waals surface area contributed by atoms with Crippen molar-refractivity contribution < 1.29 is 4.39 Å². The minimum Gasteiger partial charge on any atom is -0.337 e. The SMILES string of the molecule is Cl.Cn1ccnc1C1CNCCN1Cc1cnn(-c2ccc(F)cc2)c1. The number of aromatic nitrogens is 4. The Kier molecular flexibility index (Phi) is 5.70. The van der Waals surface area contributed by atoms with Crippen LogP contribution in [0.15, 0.2) is 49.1 Å². The van der Waals surface area contributed by atoms with Crippen LogP contribution in [0.4, 0.5) is 4.39 Å². The molecule has 4 rings (SSSR count). The summed E-state index contributed by atoms with van der Waals surface area (Å²) in [6.45, 7) is 3.61. The lowest BCUT2D eigenvalue weighted by Crippen LogP contribution is -2.46. The van der Waals surface area contributed by atoms with E-state index in [-0.39, 0.29) is 24.3 Å². The summed E-state index contributed by atoms with van der Waals surface area (Å²) in [6.07, 6.45) is 7.70. The molecule has 1 unspecified atom stereocenters. The van der Waals surface area contributed by atoms with Gasteiger partial charge < -0.3 is 9.88 Å². The van der Waals surface area contributed by atoms with Crippen molar-refractivity contribution in [3.8, 4) is 5.69 Å². The van der Waals surface area contributed by atoms with Gasteiger partial charge in [0.2, 0.25) is 0 Å². The fourth-order valence-electron chi connectivity index (χ4n) is 3.30. The fraction of sp³-hybridized carbons (Fsp3) is 0.333. The zero-order valence-electron chi connectivity index (χ0n) is 14.5. The van der Waals surface area contributed by atoms with Gasteiger partial charge in [0.15, 0.2) is 0 Å². The van der Waals surface area contributed by atoms with Crippen LogP contribution in [0.5, 0.6) is 0 Å². The Bertz CT molecular complexity index is 844. The highest BCUT2D eigenvalue weighted by atomic mass is 35.5. The second-order valence-corrected chi connectivity index (χ2v) is 6.36. The summed E-state index contributed by atoms with van der Waals surface area (Å²) >= 11 is 0. The molecule has 1 aliphatic rings. The molecular formula is C18H22ClFN6. The molecule has 0 aliphatic carbocycles. The fourth-order valence-corrected chi connectivity index (χ4v) is 3.30. The van der Waals surface area contributed by atoms with E-state index in [9.17, 15) is 4.39 Å². The molecule has 0 bridgehead atoms. The maximum Gasteiger partial charge on any atom is 0.127 e. The monoisotopic (exact) mass is 376 g/mol. The maximum absolute atomic E-state index is 13.1. The molecule has 138 valence electrons. The summed E-state index contributed by atoms with van der Waals surface area (Å²) in [5, 5.41) is 7.87. The molecule has 8 heteroatoms. The Morgan fingerprint density at radius 1 is 1.27 bits per heavy atom. The molecule has 1 N–H and O–H groups in total. The van der Waals surface area contributed by atoms with Gasteiger partial charge in [0, 0.05) is 57.4 Å². The lowest BCUT2D eigenvalue weighted by atomic mass is 10.1.